The first kappa shape index (κ1) is 17.0. The summed E-state index contributed by atoms with van der Waals surface area (Å²) in [4.78, 5) is 23.5. The Morgan fingerprint density at radius 2 is 1.84 bits per heavy atom. The van der Waals surface area contributed by atoms with Gasteiger partial charge in [0.05, 0.1) is 5.56 Å². The zero-order valence-electron chi connectivity index (χ0n) is 14.4. The van der Waals surface area contributed by atoms with Crippen LogP contribution in [0.3, 0.4) is 0 Å². The molecule has 1 N–H and O–H groups in total. The summed E-state index contributed by atoms with van der Waals surface area (Å²) in [6.07, 6.45) is 1.08. The van der Waals surface area contributed by atoms with E-state index in [1.807, 2.05) is 32.0 Å². The number of aryl methyl sites for hydroxylation is 3. The van der Waals surface area contributed by atoms with E-state index in [2.05, 4.69) is 5.32 Å². The number of amides is 1. The highest BCUT2D eigenvalue weighted by Crippen LogP contribution is 2.24. The van der Waals surface area contributed by atoms with E-state index in [-0.39, 0.29) is 18.5 Å². The van der Waals surface area contributed by atoms with Crippen LogP contribution in [0.15, 0.2) is 36.4 Å². The summed E-state index contributed by atoms with van der Waals surface area (Å²) < 4.78 is 11.0. The number of hydrogen-bond donors (Lipinski definition) is 1. The molecule has 2 aromatic rings. The molecule has 0 aromatic heterocycles. The number of nitrogens with one attached hydrogen (secondary N) is 1. The van der Waals surface area contributed by atoms with Gasteiger partial charge in [-0.15, -0.1) is 0 Å². The molecule has 130 valence electrons. The van der Waals surface area contributed by atoms with Crippen molar-refractivity contribution >= 4 is 17.6 Å². The van der Waals surface area contributed by atoms with E-state index in [9.17, 15) is 9.59 Å². The second-order valence-corrected chi connectivity index (χ2v) is 6.13. The highest BCUT2D eigenvalue weighted by atomic mass is 16.6. The molecule has 5 heteroatoms. The third kappa shape index (κ3) is 3.99. The maximum atomic E-state index is 12.2. The summed E-state index contributed by atoms with van der Waals surface area (Å²) in [5.41, 5.74) is 4.33. The molecule has 0 spiro atoms. The topological polar surface area (TPSA) is 64.6 Å². The van der Waals surface area contributed by atoms with Gasteiger partial charge in [-0.25, -0.2) is 4.79 Å². The predicted octanol–water partition coefficient (Wildman–Crippen LogP) is 3.42. The molecular formula is C20H21NO4. The van der Waals surface area contributed by atoms with Gasteiger partial charge in [-0.1, -0.05) is 18.2 Å². The van der Waals surface area contributed by atoms with Crippen molar-refractivity contribution in [2.75, 3.05) is 18.5 Å². The van der Waals surface area contributed by atoms with Crippen molar-refractivity contribution < 1.29 is 19.1 Å². The third-order valence-electron chi connectivity index (χ3n) is 4.21. The predicted molar refractivity (Wildman–Crippen MR) is 95.1 cm³/mol. The van der Waals surface area contributed by atoms with E-state index in [0.29, 0.717) is 25.0 Å². The molecule has 1 aliphatic rings. The number of carbonyl (C=O) groups is 2. The van der Waals surface area contributed by atoms with Crippen molar-refractivity contribution in [3.63, 3.8) is 0 Å². The van der Waals surface area contributed by atoms with Crippen LogP contribution in [-0.4, -0.2) is 25.1 Å². The Morgan fingerprint density at radius 3 is 2.60 bits per heavy atom. The van der Waals surface area contributed by atoms with Crippen LogP contribution < -0.4 is 10.1 Å². The van der Waals surface area contributed by atoms with Crippen molar-refractivity contribution in [1.82, 2.24) is 0 Å². The van der Waals surface area contributed by atoms with Crippen LogP contribution in [0.1, 0.15) is 33.5 Å². The molecule has 0 saturated carbocycles. The van der Waals surface area contributed by atoms with Crippen LogP contribution in [0.25, 0.3) is 0 Å². The SMILES string of the molecule is Cc1cccc(C)c1OCCOC(=O)c1ccc2c(c1)CCC(=O)N2. The van der Waals surface area contributed by atoms with Gasteiger partial charge in [-0.05, 0) is 55.2 Å². The lowest BCUT2D eigenvalue weighted by molar-refractivity contribution is -0.116. The van der Waals surface area contributed by atoms with Crippen LogP contribution in [-0.2, 0) is 16.0 Å². The molecule has 0 radical (unpaired) electrons. The molecule has 25 heavy (non-hydrogen) atoms. The molecule has 0 atom stereocenters. The zero-order valence-corrected chi connectivity index (χ0v) is 14.4. The Bertz CT molecular complexity index is 793. The Hall–Kier alpha value is -2.82. The van der Waals surface area contributed by atoms with Crippen LogP contribution in [0.2, 0.25) is 0 Å². The first-order valence-corrected chi connectivity index (χ1v) is 8.33. The van der Waals surface area contributed by atoms with Gasteiger partial charge in [0.15, 0.2) is 0 Å². The molecule has 0 fully saturated rings. The molecule has 0 bridgehead atoms. The van der Waals surface area contributed by atoms with E-state index in [1.54, 1.807) is 18.2 Å². The number of esters is 1. The highest BCUT2D eigenvalue weighted by molar-refractivity contribution is 5.96. The van der Waals surface area contributed by atoms with Gasteiger partial charge < -0.3 is 14.8 Å². The number of hydrogen-bond acceptors (Lipinski definition) is 4. The van der Waals surface area contributed by atoms with E-state index >= 15 is 0 Å². The molecule has 1 amide bonds. The number of fused-ring (bicyclic) bond motifs is 1. The molecule has 3 rings (SSSR count). The van der Waals surface area contributed by atoms with Crippen LogP contribution >= 0.6 is 0 Å². The van der Waals surface area contributed by atoms with Crippen molar-refractivity contribution in [2.45, 2.75) is 26.7 Å². The van der Waals surface area contributed by atoms with Gasteiger partial charge in [0.1, 0.15) is 19.0 Å². The van der Waals surface area contributed by atoms with Crippen molar-refractivity contribution in [1.29, 1.82) is 0 Å². The van der Waals surface area contributed by atoms with Crippen molar-refractivity contribution in [3.8, 4) is 5.75 Å². The van der Waals surface area contributed by atoms with E-state index in [1.165, 1.54) is 0 Å². The standard InChI is InChI=1S/C20H21NO4/c1-13-4-3-5-14(2)19(13)24-10-11-25-20(23)16-6-8-17-15(12-16)7-9-18(22)21-17/h3-6,8,12H,7,9-11H2,1-2H3,(H,21,22). The van der Waals surface area contributed by atoms with Crippen molar-refractivity contribution in [2.24, 2.45) is 0 Å². The molecular weight excluding hydrogens is 318 g/mol. The van der Waals surface area contributed by atoms with Gasteiger partial charge >= 0.3 is 5.97 Å². The second kappa shape index (κ2) is 7.38. The number of anilines is 1. The average Bonchev–Trinajstić information content (AvgIpc) is 2.60. The van der Waals surface area contributed by atoms with Gasteiger partial charge in [0, 0.05) is 12.1 Å². The minimum absolute atomic E-state index is 0.00599. The van der Waals surface area contributed by atoms with Crippen molar-refractivity contribution in [3.05, 3.63) is 58.7 Å². The monoisotopic (exact) mass is 339 g/mol. The van der Waals surface area contributed by atoms with Gasteiger partial charge in [-0.2, -0.15) is 0 Å². The lowest BCUT2D eigenvalue weighted by atomic mass is 10.0. The Kier molecular flexibility index (Phi) is 5.03. The number of ether oxygens (including phenoxy) is 2. The molecule has 0 unspecified atom stereocenters. The zero-order chi connectivity index (χ0) is 17.8. The average molecular weight is 339 g/mol. The smallest absolute Gasteiger partial charge is 0.338 e. The van der Waals surface area contributed by atoms with Gasteiger partial charge in [0.25, 0.3) is 0 Å². The maximum absolute atomic E-state index is 12.2. The third-order valence-corrected chi connectivity index (χ3v) is 4.21. The summed E-state index contributed by atoms with van der Waals surface area (Å²) in [6.45, 7) is 4.46. The first-order valence-electron chi connectivity index (χ1n) is 8.33. The largest absolute Gasteiger partial charge is 0.489 e. The van der Waals surface area contributed by atoms with Gasteiger partial charge in [-0.3, -0.25) is 4.79 Å². The van der Waals surface area contributed by atoms with E-state index in [0.717, 1.165) is 28.1 Å². The highest BCUT2D eigenvalue weighted by Gasteiger charge is 2.17. The Balaban J connectivity index is 1.54. The summed E-state index contributed by atoms with van der Waals surface area (Å²) in [6, 6.07) is 11.1. The fourth-order valence-electron chi connectivity index (χ4n) is 2.90. The van der Waals surface area contributed by atoms with Crippen LogP contribution in [0.5, 0.6) is 5.75 Å². The lowest BCUT2D eigenvalue weighted by Crippen LogP contribution is -2.19. The lowest BCUT2D eigenvalue weighted by Gasteiger charge is -2.17. The normalized spacial score (nSPS) is 13.0. The quantitative estimate of drug-likeness (QED) is 0.670. The number of para-hydroxylation sites is 1. The molecule has 1 heterocycles. The second-order valence-electron chi connectivity index (χ2n) is 6.13. The molecule has 5 nitrogen and oxygen atoms in total. The molecule has 0 aliphatic carbocycles. The fourth-order valence-corrected chi connectivity index (χ4v) is 2.90. The summed E-state index contributed by atoms with van der Waals surface area (Å²) >= 11 is 0. The molecule has 2 aromatic carbocycles. The first-order chi connectivity index (χ1) is 12.0. The molecule has 0 saturated heterocycles. The number of rotatable bonds is 5. The van der Waals surface area contributed by atoms with E-state index in [4.69, 9.17) is 9.47 Å². The Morgan fingerprint density at radius 1 is 1.08 bits per heavy atom. The summed E-state index contributed by atoms with van der Waals surface area (Å²) in [5.74, 6) is 0.458. The number of carbonyl (C=O) groups excluding carboxylic acids is 2. The minimum Gasteiger partial charge on any atom is -0.489 e. The molecule has 1 aliphatic heterocycles. The Labute approximate surface area is 147 Å². The maximum Gasteiger partial charge on any atom is 0.338 e. The summed E-state index contributed by atoms with van der Waals surface area (Å²) in [7, 11) is 0. The number of benzene rings is 2. The fraction of sp³-hybridized carbons (Fsp3) is 0.300. The van der Waals surface area contributed by atoms with E-state index < -0.39 is 0 Å². The van der Waals surface area contributed by atoms with Gasteiger partial charge in [0.2, 0.25) is 5.91 Å². The van der Waals surface area contributed by atoms with Crippen LogP contribution in [0, 0.1) is 13.8 Å². The summed E-state index contributed by atoms with van der Waals surface area (Å²) in [5, 5.41) is 2.80. The minimum atomic E-state index is -0.384. The van der Waals surface area contributed by atoms with Crippen LogP contribution in [0.4, 0.5) is 5.69 Å².